The van der Waals surface area contributed by atoms with Gasteiger partial charge in [-0.2, -0.15) is 11.6 Å². The van der Waals surface area contributed by atoms with Gasteiger partial charge in [-0.1, -0.05) is 48.3 Å². The minimum Gasteiger partial charge on any atom is -1.00 e. The molecule has 1 radical (unpaired) electrons. The van der Waals surface area contributed by atoms with Gasteiger partial charge in [-0.15, -0.1) is 28.3 Å². The average Bonchev–Trinajstić information content (AvgIpc) is 2.69. The molecule has 2 aromatic rings. The van der Waals surface area contributed by atoms with Crippen LogP contribution in [0.5, 0.6) is 0 Å². The Labute approximate surface area is 146 Å². The molecule has 0 aromatic heterocycles. The van der Waals surface area contributed by atoms with Crippen LogP contribution in [0, 0.1) is 6.08 Å². The predicted molar refractivity (Wildman–Crippen MR) is 70.0 cm³/mol. The van der Waals surface area contributed by atoms with E-state index in [1.165, 1.54) is 16.3 Å². The molecule has 4 rings (SSSR count). The van der Waals surface area contributed by atoms with E-state index < -0.39 is 8.07 Å². The normalized spacial score (nSPS) is 20.1. The smallest absolute Gasteiger partial charge is 1.00 e. The third-order valence-corrected chi connectivity index (χ3v) is 7.69. The van der Waals surface area contributed by atoms with Crippen molar-refractivity contribution in [1.82, 2.24) is 0 Å². The maximum Gasteiger partial charge on any atom is 3.00 e. The summed E-state index contributed by atoms with van der Waals surface area (Å²) >= 11 is 0. The van der Waals surface area contributed by atoms with E-state index in [9.17, 15) is 0 Å². The molecule has 1 aliphatic carbocycles. The Morgan fingerprint density at radius 1 is 1.00 bits per heavy atom. The maximum absolute atomic E-state index is 3.68. The van der Waals surface area contributed by atoms with E-state index in [1.54, 1.807) is 10.8 Å². The van der Waals surface area contributed by atoms with Crippen LogP contribution in [0.15, 0.2) is 41.6 Å². The van der Waals surface area contributed by atoms with Crippen molar-refractivity contribution >= 4 is 18.8 Å². The van der Waals surface area contributed by atoms with E-state index in [1.807, 2.05) is 0 Å². The van der Waals surface area contributed by atoms with Gasteiger partial charge in [0.25, 0.3) is 0 Å². The standard InChI is InChI=1S/C15H13Si.2ClH.Zr/c1-16(2)14-9-13-11-6-4-3-5-10(11)7-8-12(13)15(14)16;;;/h3-8,15H,1-2H3;2*1H;/q-1;;;+3/p-2. The Kier molecular flexibility index (Phi) is 4.96. The number of halogens is 2. The van der Waals surface area contributed by atoms with Gasteiger partial charge in [0.15, 0.2) is 0 Å². The SMILES string of the molecule is C[Si]1(C)C2=[C-]c3c(ccc4ccccc34)C21.[Cl-].[Cl-].[Zr+3]. The van der Waals surface area contributed by atoms with E-state index in [0.717, 1.165) is 5.54 Å². The third kappa shape index (κ3) is 2.21. The summed E-state index contributed by atoms with van der Waals surface area (Å²) in [6.07, 6.45) is 3.68. The first-order valence-electron chi connectivity index (χ1n) is 5.85. The molecular weight excluding hydrogens is 370 g/mol. The van der Waals surface area contributed by atoms with Crippen LogP contribution in [-0.4, -0.2) is 8.07 Å². The van der Waals surface area contributed by atoms with Gasteiger partial charge in [0.2, 0.25) is 0 Å². The van der Waals surface area contributed by atoms with Crippen LogP contribution in [0.2, 0.25) is 13.1 Å². The number of fused-ring (bicyclic) bond motifs is 5. The molecule has 1 heterocycles. The van der Waals surface area contributed by atoms with Gasteiger partial charge in [-0.25, -0.2) is 0 Å². The summed E-state index contributed by atoms with van der Waals surface area (Å²) in [5, 5.41) is 4.36. The van der Waals surface area contributed by atoms with Crippen molar-refractivity contribution in [2.24, 2.45) is 0 Å². The molecule has 95 valence electrons. The monoisotopic (exact) mass is 381 g/mol. The van der Waals surface area contributed by atoms with Crippen molar-refractivity contribution < 1.29 is 51.0 Å². The summed E-state index contributed by atoms with van der Waals surface area (Å²) in [4.78, 5) is 0. The predicted octanol–water partition coefficient (Wildman–Crippen LogP) is -2.18. The van der Waals surface area contributed by atoms with Crippen LogP contribution >= 0.6 is 0 Å². The fraction of sp³-hybridized carbons (Fsp3) is 0.200. The van der Waals surface area contributed by atoms with Crippen molar-refractivity contribution in [2.45, 2.75) is 18.6 Å². The van der Waals surface area contributed by atoms with Gasteiger partial charge in [0.05, 0.1) is 8.07 Å². The molecule has 1 aliphatic heterocycles. The molecule has 1 fully saturated rings. The summed E-state index contributed by atoms with van der Waals surface area (Å²) in [6.45, 7) is 4.91. The molecule has 2 aliphatic rings. The van der Waals surface area contributed by atoms with Crippen LogP contribution < -0.4 is 24.8 Å². The summed E-state index contributed by atoms with van der Waals surface area (Å²) in [6, 6.07) is 13.2. The number of allylic oxidation sites excluding steroid dienone is 1. The molecular formula is C15H13Cl2SiZr. The quantitative estimate of drug-likeness (QED) is 0.359. The molecule has 2 aromatic carbocycles. The van der Waals surface area contributed by atoms with Crippen LogP contribution in [0.1, 0.15) is 16.7 Å². The second-order valence-corrected chi connectivity index (χ2v) is 10.0. The first kappa shape index (κ1) is 17.2. The minimum absolute atomic E-state index is 0. The number of rotatable bonds is 0. The van der Waals surface area contributed by atoms with E-state index in [-0.39, 0.29) is 51.0 Å². The Balaban J connectivity index is 0.000000602. The zero-order valence-corrected chi connectivity index (χ0v) is 15.8. The molecule has 1 saturated heterocycles. The van der Waals surface area contributed by atoms with Gasteiger partial charge < -0.3 is 24.8 Å². The summed E-state index contributed by atoms with van der Waals surface area (Å²) in [5.41, 5.74) is 3.71. The van der Waals surface area contributed by atoms with Crippen molar-refractivity contribution in [3.63, 3.8) is 0 Å². The Morgan fingerprint density at radius 3 is 2.42 bits per heavy atom. The number of hydrogen-bond donors (Lipinski definition) is 0. The van der Waals surface area contributed by atoms with Gasteiger partial charge >= 0.3 is 26.2 Å². The van der Waals surface area contributed by atoms with Gasteiger partial charge in [0, 0.05) is 0 Å². The third-order valence-electron chi connectivity index (χ3n) is 4.15. The molecule has 0 N–H and O–H groups in total. The largest absolute Gasteiger partial charge is 3.00 e. The van der Waals surface area contributed by atoms with E-state index >= 15 is 0 Å². The zero-order chi connectivity index (χ0) is 10.9. The fourth-order valence-electron chi connectivity index (χ4n) is 3.13. The van der Waals surface area contributed by atoms with Crippen molar-refractivity contribution in [3.05, 3.63) is 58.8 Å². The Morgan fingerprint density at radius 2 is 1.68 bits per heavy atom. The van der Waals surface area contributed by atoms with Crippen molar-refractivity contribution in [3.8, 4) is 0 Å². The number of benzene rings is 2. The van der Waals surface area contributed by atoms with Crippen LogP contribution in [0.25, 0.3) is 10.8 Å². The molecule has 0 amide bonds. The molecule has 1 unspecified atom stereocenters. The van der Waals surface area contributed by atoms with E-state index in [4.69, 9.17) is 0 Å². The van der Waals surface area contributed by atoms with Gasteiger partial charge in [-0.3, -0.25) is 0 Å². The molecule has 1 atom stereocenters. The molecule has 0 spiro atoms. The number of hydrogen-bond acceptors (Lipinski definition) is 0. The summed E-state index contributed by atoms with van der Waals surface area (Å²) in [7, 11) is -1.04. The molecule has 0 nitrogen and oxygen atoms in total. The summed E-state index contributed by atoms with van der Waals surface area (Å²) < 4.78 is 0. The average molecular weight is 383 g/mol. The zero-order valence-electron chi connectivity index (χ0n) is 10.8. The second kappa shape index (κ2) is 5.48. The van der Waals surface area contributed by atoms with Crippen LogP contribution in [0.4, 0.5) is 0 Å². The Hall–Kier alpha value is 0.120. The van der Waals surface area contributed by atoms with Crippen LogP contribution in [-0.2, 0) is 26.2 Å². The minimum atomic E-state index is -1.04. The first-order valence-corrected chi connectivity index (χ1v) is 8.93. The first-order chi connectivity index (χ1) is 7.69. The fourth-order valence-corrected chi connectivity index (χ4v) is 6.78. The molecule has 4 heteroatoms. The van der Waals surface area contributed by atoms with Crippen molar-refractivity contribution in [1.29, 1.82) is 0 Å². The van der Waals surface area contributed by atoms with E-state index in [0.29, 0.717) is 0 Å². The summed E-state index contributed by atoms with van der Waals surface area (Å²) in [5.74, 6) is 0. The Bertz CT molecular complexity index is 664. The van der Waals surface area contributed by atoms with Gasteiger partial charge in [0.1, 0.15) is 0 Å². The topological polar surface area (TPSA) is 0 Å². The maximum atomic E-state index is 3.68. The molecule has 0 bridgehead atoms. The van der Waals surface area contributed by atoms with Crippen molar-refractivity contribution in [2.75, 3.05) is 0 Å². The second-order valence-electron chi connectivity index (χ2n) is 5.44. The molecule has 0 saturated carbocycles. The van der Waals surface area contributed by atoms with Gasteiger partial charge in [-0.05, 0) is 0 Å². The molecule has 19 heavy (non-hydrogen) atoms. The van der Waals surface area contributed by atoms with Crippen LogP contribution in [0.3, 0.4) is 0 Å². The van der Waals surface area contributed by atoms with E-state index in [2.05, 4.69) is 55.6 Å².